The lowest BCUT2D eigenvalue weighted by atomic mass is 10.0. The van der Waals surface area contributed by atoms with E-state index in [1.54, 1.807) is 16.9 Å². The van der Waals surface area contributed by atoms with E-state index in [1.165, 1.54) is 0 Å². The lowest BCUT2D eigenvalue weighted by Gasteiger charge is -2.39. The summed E-state index contributed by atoms with van der Waals surface area (Å²) in [5.41, 5.74) is 0.644. The van der Waals surface area contributed by atoms with Crippen molar-refractivity contribution in [2.75, 3.05) is 31.2 Å². The number of aromatic nitrogens is 5. The van der Waals surface area contributed by atoms with Gasteiger partial charge in [0, 0.05) is 13.0 Å². The van der Waals surface area contributed by atoms with E-state index < -0.39 is 5.79 Å². The van der Waals surface area contributed by atoms with E-state index >= 15 is 0 Å². The Morgan fingerprint density at radius 3 is 3.00 bits per heavy atom. The molecular formula is C11H14N6O2. The molecule has 8 nitrogen and oxygen atoms in total. The Kier molecular flexibility index (Phi) is 2.39. The molecule has 0 saturated carbocycles. The quantitative estimate of drug-likeness (QED) is 0.708. The van der Waals surface area contributed by atoms with Crippen molar-refractivity contribution in [3.05, 3.63) is 12.4 Å². The van der Waals surface area contributed by atoms with E-state index in [4.69, 9.17) is 9.47 Å². The van der Waals surface area contributed by atoms with Gasteiger partial charge >= 0.3 is 0 Å². The largest absolute Gasteiger partial charge is 0.350 e. The third kappa shape index (κ3) is 1.75. The lowest BCUT2D eigenvalue weighted by molar-refractivity contribution is -0.161. The van der Waals surface area contributed by atoms with Gasteiger partial charge in [0.25, 0.3) is 0 Å². The maximum absolute atomic E-state index is 5.78. The number of piperidine rings is 1. The predicted octanol–water partition coefficient (Wildman–Crippen LogP) is -0.137. The second-order valence-electron chi connectivity index (χ2n) is 4.85. The maximum Gasteiger partial charge on any atom is 0.199 e. The Morgan fingerprint density at radius 2 is 2.11 bits per heavy atom. The highest BCUT2D eigenvalue weighted by molar-refractivity contribution is 5.46. The molecule has 2 aromatic heterocycles. The molecule has 8 heteroatoms. The fourth-order valence-electron chi connectivity index (χ4n) is 2.79. The van der Waals surface area contributed by atoms with Gasteiger partial charge in [-0.2, -0.15) is 4.52 Å². The van der Waals surface area contributed by atoms with Crippen molar-refractivity contribution in [1.82, 2.24) is 25.0 Å². The van der Waals surface area contributed by atoms with Crippen LogP contribution in [0.25, 0.3) is 5.65 Å². The van der Waals surface area contributed by atoms with Gasteiger partial charge in [-0.25, -0.2) is 0 Å². The van der Waals surface area contributed by atoms with Crippen LogP contribution >= 0.6 is 0 Å². The fraction of sp³-hybridized carbons (Fsp3) is 0.636. The average molecular weight is 262 g/mol. The van der Waals surface area contributed by atoms with Crippen molar-refractivity contribution in [3.8, 4) is 0 Å². The highest BCUT2D eigenvalue weighted by atomic mass is 16.7. The van der Waals surface area contributed by atoms with Gasteiger partial charge in [-0.05, 0) is 16.8 Å². The summed E-state index contributed by atoms with van der Waals surface area (Å²) in [4.78, 5) is 6.36. The van der Waals surface area contributed by atoms with Crippen molar-refractivity contribution in [2.45, 2.75) is 18.6 Å². The molecule has 0 atom stereocenters. The first-order valence-electron chi connectivity index (χ1n) is 6.41. The van der Waals surface area contributed by atoms with Crippen LogP contribution in [0.4, 0.5) is 5.82 Å². The maximum atomic E-state index is 5.78. The van der Waals surface area contributed by atoms with E-state index in [9.17, 15) is 0 Å². The van der Waals surface area contributed by atoms with Crippen LogP contribution in [0, 0.1) is 0 Å². The fourth-order valence-corrected chi connectivity index (χ4v) is 2.79. The molecule has 0 aliphatic carbocycles. The molecule has 1 spiro atoms. The summed E-state index contributed by atoms with van der Waals surface area (Å²) in [5.74, 6) is 0.412. The van der Waals surface area contributed by atoms with Gasteiger partial charge in [-0.15, -0.1) is 5.10 Å². The molecular weight excluding hydrogens is 248 g/mol. The van der Waals surface area contributed by atoms with Crippen LogP contribution in [0.3, 0.4) is 0 Å². The van der Waals surface area contributed by atoms with Crippen molar-refractivity contribution in [3.63, 3.8) is 0 Å². The van der Waals surface area contributed by atoms with E-state index in [0.29, 0.717) is 25.4 Å². The van der Waals surface area contributed by atoms with E-state index in [1.807, 2.05) is 0 Å². The minimum atomic E-state index is -0.464. The smallest absolute Gasteiger partial charge is 0.199 e. The molecule has 2 aliphatic rings. The van der Waals surface area contributed by atoms with Gasteiger partial charge in [0.05, 0.1) is 32.2 Å². The number of ether oxygens (including phenoxy) is 2. The minimum absolute atomic E-state index is 0.464. The highest BCUT2D eigenvalue weighted by Gasteiger charge is 2.41. The summed E-state index contributed by atoms with van der Waals surface area (Å²) in [6.07, 6.45) is 5.37. The number of tetrazole rings is 1. The Hall–Kier alpha value is -1.80. The van der Waals surface area contributed by atoms with E-state index in [2.05, 4.69) is 25.4 Å². The normalized spacial score (nSPS) is 22.4. The zero-order valence-electron chi connectivity index (χ0n) is 10.4. The number of anilines is 1. The van der Waals surface area contributed by atoms with Crippen LogP contribution in [0.5, 0.6) is 0 Å². The zero-order valence-corrected chi connectivity index (χ0v) is 10.4. The Morgan fingerprint density at radius 1 is 1.21 bits per heavy atom. The van der Waals surface area contributed by atoms with E-state index in [-0.39, 0.29) is 0 Å². The van der Waals surface area contributed by atoms with Gasteiger partial charge in [0.2, 0.25) is 0 Å². The van der Waals surface area contributed by atoms with Gasteiger partial charge in [-0.1, -0.05) is 0 Å². The number of fused-ring (bicyclic) bond motifs is 1. The Labute approximate surface area is 109 Å². The third-order valence-electron chi connectivity index (χ3n) is 3.65. The third-order valence-corrected chi connectivity index (χ3v) is 3.65. The second-order valence-corrected chi connectivity index (χ2v) is 4.85. The first-order chi connectivity index (χ1) is 9.36. The summed E-state index contributed by atoms with van der Waals surface area (Å²) >= 11 is 0. The topological polar surface area (TPSA) is 77.7 Å². The first-order valence-corrected chi connectivity index (χ1v) is 6.41. The number of nitrogens with zero attached hydrogens (tertiary/aromatic N) is 6. The van der Waals surface area contributed by atoms with Crippen LogP contribution in [0.2, 0.25) is 0 Å². The molecule has 2 aliphatic heterocycles. The lowest BCUT2D eigenvalue weighted by Crippen LogP contribution is -2.49. The molecule has 0 radical (unpaired) electrons. The summed E-state index contributed by atoms with van der Waals surface area (Å²) < 4.78 is 13.3. The molecule has 19 heavy (non-hydrogen) atoms. The molecule has 0 N–H and O–H groups in total. The molecule has 2 aromatic rings. The second kappa shape index (κ2) is 4.10. The van der Waals surface area contributed by atoms with Crippen LogP contribution < -0.4 is 4.90 Å². The number of hydrogen-bond donors (Lipinski definition) is 0. The SMILES string of the molecule is c1ncc2nnnn2c1N1CCCC2(C1)OCCO2. The average Bonchev–Trinajstić information content (AvgIpc) is 3.07. The van der Waals surface area contributed by atoms with Crippen LogP contribution in [0.15, 0.2) is 12.4 Å². The Bertz CT molecular complexity index is 594. The van der Waals surface area contributed by atoms with E-state index in [0.717, 1.165) is 25.2 Å². The summed E-state index contributed by atoms with van der Waals surface area (Å²) in [5, 5.41) is 11.6. The van der Waals surface area contributed by atoms with Crippen LogP contribution in [-0.2, 0) is 9.47 Å². The molecule has 0 aromatic carbocycles. The van der Waals surface area contributed by atoms with Crippen molar-refractivity contribution in [2.24, 2.45) is 0 Å². The molecule has 0 unspecified atom stereocenters. The molecule has 2 fully saturated rings. The van der Waals surface area contributed by atoms with Crippen LogP contribution in [-0.4, -0.2) is 57.1 Å². The minimum Gasteiger partial charge on any atom is -0.350 e. The van der Waals surface area contributed by atoms with Gasteiger partial charge in [0.15, 0.2) is 17.3 Å². The molecule has 100 valence electrons. The van der Waals surface area contributed by atoms with Gasteiger partial charge in [-0.3, -0.25) is 4.98 Å². The van der Waals surface area contributed by atoms with Gasteiger partial charge in [0.1, 0.15) is 0 Å². The highest BCUT2D eigenvalue weighted by Crippen LogP contribution is 2.32. The molecule has 2 saturated heterocycles. The first kappa shape index (κ1) is 11.1. The molecule has 4 heterocycles. The van der Waals surface area contributed by atoms with Crippen molar-refractivity contribution < 1.29 is 9.47 Å². The van der Waals surface area contributed by atoms with Gasteiger partial charge < -0.3 is 14.4 Å². The molecule has 0 amide bonds. The zero-order chi connectivity index (χ0) is 12.7. The molecule has 4 rings (SSSR count). The summed E-state index contributed by atoms with van der Waals surface area (Å²) in [6, 6.07) is 0. The van der Waals surface area contributed by atoms with Crippen molar-refractivity contribution >= 4 is 11.5 Å². The Balaban J connectivity index is 1.70. The standard InChI is InChI=1S/C11H14N6O2/c1-2-11(18-4-5-19-11)8-16(3-1)10-7-12-6-9-13-14-15-17(9)10/h6-7H,1-5,8H2. The summed E-state index contributed by atoms with van der Waals surface area (Å²) in [7, 11) is 0. The monoisotopic (exact) mass is 262 g/mol. The van der Waals surface area contributed by atoms with Crippen LogP contribution in [0.1, 0.15) is 12.8 Å². The number of hydrogen-bond acceptors (Lipinski definition) is 7. The summed E-state index contributed by atoms with van der Waals surface area (Å²) in [6.45, 7) is 2.95. The number of rotatable bonds is 1. The predicted molar refractivity (Wildman–Crippen MR) is 64.7 cm³/mol. The van der Waals surface area contributed by atoms with Crippen molar-refractivity contribution in [1.29, 1.82) is 0 Å². The molecule has 0 bridgehead atoms.